The van der Waals surface area contributed by atoms with Gasteiger partial charge < -0.3 is 23.7 Å². The molecular formula is C26H30N4O5. The van der Waals surface area contributed by atoms with Crippen LogP contribution < -0.4 is 23.7 Å². The number of benzene rings is 2. The van der Waals surface area contributed by atoms with Gasteiger partial charge in [-0.2, -0.15) is 4.98 Å². The molecule has 0 atom stereocenters. The lowest BCUT2D eigenvalue weighted by Gasteiger charge is -2.15. The number of aromatic nitrogens is 4. The van der Waals surface area contributed by atoms with Crippen molar-refractivity contribution in [3.05, 3.63) is 47.9 Å². The Labute approximate surface area is 204 Å². The maximum atomic E-state index is 6.34. The van der Waals surface area contributed by atoms with Gasteiger partial charge in [0.15, 0.2) is 22.8 Å². The van der Waals surface area contributed by atoms with E-state index in [1.807, 2.05) is 42.6 Å². The average Bonchev–Trinajstić information content (AvgIpc) is 3.19. The summed E-state index contributed by atoms with van der Waals surface area (Å²) in [7, 11) is 4.68. The van der Waals surface area contributed by atoms with Gasteiger partial charge in [0.1, 0.15) is 17.3 Å². The van der Waals surface area contributed by atoms with Gasteiger partial charge in [-0.15, -0.1) is 5.10 Å². The van der Waals surface area contributed by atoms with E-state index in [0.29, 0.717) is 52.6 Å². The largest absolute Gasteiger partial charge is 0.493 e. The number of aryl methyl sites for hydroxylation is 2. The van der Waals surface area contributed by atoms with Crippen molar-refractivity contribution in [3.8, 4) is 46.0 Å². The fraction of sp³-hybridized carbons (Fsp3) is 0.346. The lowest BCUT2D eigenvalue weighted by atomic mass is 10.2. The number of hydrogen-bond acceptors (Lipinski definition) is 8. The topological polar surface area (TPSA) is 89.2 Å². The maximum absolute atomic E-state index is 6.34. The number of para-hydroxylation sites is 1. The number of rotatable bonds is 10. The molecule has 0 spiro atoms. The third kappa shape index (κ3) is 4.66. The van der Waals surface area contributed by atoms with E-state index in [1.54, 1.807) is 33.5 Å². The van der Waals surface area contributed by atoms with Crippen molar-refractivity contribution >= 4 is 5.52 Å². The van der Waals surface area contributed by atoms with Gasteiger partial charge in [-0.25, -0.2) is 9.50 Å². The molecule has 0 aliphatic rings. The Bertz CT molecular complexity index is 1310. The van der Waals surface area contributed by atoms with E-state index in [0.717, 1.165) is 29.9 Å². The van der Waals surface area contributed by atoms with Gasteiger partial charge in [-0.05, 0) is 32.4 Å². The molecule has 0 N–H and O–H groups in total. The second-order valence-electron chi connectivity index (χ2n) is 7.76. The zero-order valence-electron chi connectivity index (χ0n) is 20.9. The van der Waals surface area contributed by atoms with Crippen LogP contribution in [0.5, 0.6) is 34.6 Å². The van der Waals surface area contributed by atoms with Gasteiger partial charge in [0.25, 0.3) is 0 Å². The highest BCUT2D eigenvalue weighted by atomic mass is 16.5. The Morgan fingerprint density at radius 2 is 1.60 bits per heavy atom. The van der Waals surface area contributed by atoms with Crippen LogP contribution in [-0.4, -0.2) is 47.5 Å². The zero-order valence-corrected chi connectivity index (χ0v) is 20.9. The summed E-state index contributed by atoms with van der Waals surface area (Å²) in [5.41, 5.74) is 2.24. The Kier molecular flexibility index (Phi) is 7.24. The van der Waals surface area contributed by atoms with Crippen LogP contribution in [0.3, 0.4) is 0 Å². The molecule has 184 valence electrons. The summed E-state index contributed by atoms with van der Waals surface area (Å²) < 4.78 is 30.4. The second-order valence-corrected chi connectivity index (χ2v) is 7.76. The first-order chi connectivity index (χ1) is 17.0. The Balaban J connectivity index is 1.92. The lowest BCUT2D eigenvalue weighted by Crippen LogP contribution is -2.06. The number of methoxy groups -OCH3 is 3. The van der Waals surface area contributed by atoms with Crippen molar-refractivity contribution in [1.82, 2.24) is 19.6 Å². The standard InChI is InChI=1S/C26H30N4O5/c1-7-11-22-27-16(3)23-26(35-17-14-20(31-4)24(33-6)21(15-17)32-5)28-25(29-30(22)23)18-12-9-10-13-19(18)34-8-2/h9-10,12-15H,7-8,11H2,1-6H3. The van der Waals surface area contributed by atoms with Gasteiger partial charge in [0.05, 0.1) is 39.2 Å². The van der Waals surface area contributed by atoms with Crippen molar-refractivity contribution < 1.29 is 23.7 Å². The monoisotopic (exact) mass is 478 g/mol. The molecule has 9 heteroatoms. The molecular weight excluding hydrogens is 448 g/mol. The van der Waals surface area contributed by atoms with Crippen LogP contribution in [0.4, 0.5) is 0 Å². The highest BCUT2D eigenvalue weighted by Gasteiger charge is 2.22. The summed E-state index contributed by atoms with van der Waals surface area (Å²) in [4.78, 5) is 9.56. The number of nitrogens with zero attached hydrogens (tertiary/aromatic N) is 4. The number of imidazole rings is 1. The molecule has 0 saturated heterocycles. The molecule has 0 unspecified atom stereocenters. The summed E-state index contributed by atoms with van der Waals surface area (Å²) in [5, 5.41) is 4.84. The van der Waals surface area contributed by atoms with Gasteiger partial charge in [-0.3, -0.25) is 0 Å². The Morgan fingerprint density at radius 3 is 2.23 bits per heavy atom. The summed E-state index contributed by atoms with van der Waals surface area (Å²) in [6.45, 7) is 6.50. The average molecular weight is 479 g/mol. The molecule has 2 heterocycles. The van der Waals surface area contributed by atoms with Crippen molar-refractivity contribution in [1.29, 1.82) is 0 Å². The Hall–Kier alpha value is -4.01. The van der Waals surface area contributed by atoms with Crippen molar-refractivity contribution in [3.63, 3.8) is 0 Å². The quantitative estimate of drug-likeness (QED) is 0.305. The molecule has 0 aliphatic heterocycles. The zero-order chi connectivity index (χ0) is 24.9. The molecule has 4 rings (SSSR count). The number of fused-ring (bicyclic) bond motifs is 1. The summed E-state index contributed by atoms with van der Waals surface area (Å²) >= 11 is 0. The lowest BCUT2D eigenvalue weighted by molar-refractivity contribution is 0.320. The minimum absolute atomic E-state index is 0.364. The van der Waals surface area contributed by atoms with Crippen LogP contribution in [0, 0.1) is 6.92 Å². The van der Waals surface area contributed by atoms with Crippen LogP contribution >= 0.6 is 0 Å². The van der Waals surface area contributed by atoms with E-state index in [9.17, 15) is 0 Å². The molecule has 0 saturated carbocycles. The van der Waals surface area contributed by atoms with Crippen LogP contribution in [0.2, 0.25) is 0 Å². The highest BCUT2D eigenvalue weighted by molar-refractivity contribution is 5.69. The van der Waals surface area contributed by atoms with Gasteiger partial charge >= 0.3 is 0 Å². The minimum atomic E-state index is 0.364. The third-order valence-electron chi connectivity index (χ3n) is 5.45. The smallest absolute Gasteiger partial charge is 0.249 e. The van der Waals surface area contributed by atoms with E-state index in [4.69, 9.17) is 38.8 Å². The van der Waals surface area contributed by atoms with E-state index < -0.39 is 0 Å². The fourth-order valence-electron chi connectivity index (χ4n) is 3.93. The highest BCUT2D eigenvalue weighted by Crippen LogP contribution is 2.42. The van der Waals surface area contributed by atoms with Gasteiger partial charge in [0.2, 0.25) is 11.6 Å². The second kappa shape index (κ2) is 10.5. The van der Waals surface area contributed by atoms with E-state index >= 15 is 0 Å². The number of ether oxygens (including phenoxy) is 5. The summed E-state index contributed by atoms with van der Waals surface area (Å²) in [6, 6.07) is 11.1. The number of hydrogen-bond donors (Lipinski definition) is 0. The molecule has 0 fully saturated rings. The van der Waals surface area contributed by atoms with E-state index in [1.165, 1.54) is 0 Å². The molecule has 2 aromatic heterocycles. The predicted molar refractivity (Wildman–Crippen MR) is 132 cm³/mol. The van der Waals surface area contributed by atoms with Crippen LogP contribution in [-0.2, 0) is 6.42 Å². The SMILES string of the molecule is CCCc1nc(C)c2c(Oc3cc(OC)c(OC)c(OC)c3)nc(-c3ccccc3OCC)nn12. The third-order valence-corrected chi connectivity index (χ3v) is 5.45. The predicted octanol–water partition coefficient (Wildman–Crippen LogP) is 5.27. The molecule has 0 amide bonds. The first kappa shape index (κ1) is 24.1. The summed E-state index contributed by atoms with van der Waals surface area (Å²) in [5.74, 6) is 4.28. The molecule has 35 heavy (non-hydrogen) atoms. The van der Waals surface area contributed by atoms with Crippen LogP contribution in [0.1, 0.15) is 31.8 Å². The van der Waals surface area contributed by atoms with Crippen molar-refractivity contribution in [2.24, 2.45) is 0 Å². The van der Waals surface area contributed by atoms with E-state index in [2.05, 4.69) is 6.92 Å². The van der Waals surface area contributed by atoms with Crippen LogP contribution in [0.15, 0.2) is 36.4 Å². The van der Waals surface area contributed by atoms with Gasteiger partial charge in [0, 0.05) is 18.6 Å². The molecule has 4 aromatic rings. The maximum Gasteiger partial charge on any atom is 0.249 e. The molecule has 2 aromatic carbocycles. The molecule has 0 bridgehead atoms. The van der Waals surface area contributed by atoms with Crippen molar-refractivity contribution in [2.75, 3.05) is 27.9 Å². The molecule has 0 radical (unpaired) electrons. The normalized spacial score (nSPS) is 10.9. The minimum Gasteiger partial charge on any atom is -0.493 e. The van der Waals surface area contributed by atoms with Crippen LogP contribution in [0.25, 0.3) is 16.9 Å². The molecule has 0 aliphatic carbocycles. The first-order valence-electron chi connectivity index (χ1n) is 11.5. The summed E-state index contributed by atoms with van der Waals surface area (Å²) in [6.07, 6.45) is 1.69. The molecule has 9 nitrogen and oxygen atoms in total. The van der Waals surface area contributed by atoms with E-state index in [-0.39, 0.29) is 0 Å². The van der Waals surface area contributed by atoms with Gasteiger partial charge in [-0.1, -0.05) is 19.1 Å². The Morgan fingerprint density at radius 1 is 0.886 bits per heavy atom. The first-order valence-corrected chi connectivity index (χ1v) is 11.5. The fourth-order valence-corrected chi connectivity index (χ4v) is 3.93. The van der Waals surface area contributed by atoms with Crippen molar-refractivity contribution in [2.45, 2.75) is 33.6 Å².